The monoisotopic (exact) mass is 498 g/mol. The number of benzene rings is 3. The van der Waals surface area contributed by atoms with Crippen LogP contribution < -0.4 is 19.5 Å². The van der Waals surface area contributed by atoms with Gasteiger partial charge in [0.1, 0.15) is 23.9 Å². The summed E-state index contributed by atoms with van der Waals surface area (Å²) in [6.45, 7) is 4.42. The molecule has 3 rings (SSSR count). The lowest BCUT2D eigenvalue weighted by molar-refractivity contribution is -0.118. The van der Waals surface area contributed by atoms with Gasteiger partial charge in [-0.3, -0.25) is 4.79 Å². The van der Waals surface area contributed by atoms with E-state index in [1.54, 1.807) is 38.1 Å². The zero-order valence-electron chi connectivity index (χ0n) is 20.1. The van der Waals surface area contributed by atoms with Crippen LogP contribution in [-0.2, 0) is 21.4 Å². The van der Waals surface area contributed by atoms with E-state index in [1.165, 1.54) is 29.6 Å². The highest BCUT2D eigenvalue weighted by Gasteiger charge is 2.23. The van der Waals surface area contributed by atoms with Crippen molar-refractivity contribution in [1.29, 1.82) is 0 Å². The molecule has 0 aliphatic carbocycles. The fraction of sp³-hybridized carbons (Fsp3) is 0.269. The summed E-state index contributed by atoms with van der Waals surface area (Å²) in [7, 11) is -2.24. The summed E-state index contributed by atoms with van der Waals surface area (Å²) in [4.78, 5) is 12.6. The predicted molar refractivity (Wildman–Crippen MR) is 134 cm³/mol. The van der Waals surface area contributed by atoms with Gasteiger partial charge in [0, 0.05) is 13.1 Å². The number of amides is 1. The number of nitrogens with one attached hydrogen (secondary N) is 1. The number of sulfonamides is 1. The Kier molecular flexibility index (Phi) is 9.11. The van der Waals surface area contributed by atoms with E-state index >= 15 is 0 Å². The number of anilines is 1. The fourth-order valence-corrected chi connectivity index (χ4v) is 4.85. The first-order valence-corrected chi connectivity index (χ1v) is 12.7. The van der Waals surface area contributed by atoms with E-state index in [-0.39, 0.29) is 17.2 Å². The van der Waals surface area contributed by atoms with Crippen LogP contribution >= 0.6 is 0 Å². The van der Waals surface area contributed by atoms with Gasteiger partial charge in [0.15, 0.2) is 6.61 Å². The second-order valence-corrected chi connectivity index (χ2v) is 9.47. The van der Waals surface area contributed by atoms with Crippen molar-refractivity contribution in [1.82, 2.24) is 4.31 Å². The first-order valence-electron chi connectivity index (χ1n) is 11.2. The first kappa shape index (κ1) is 26.1. The molecule has 0 spiro atoms. The van der Waals surface area contributed by atoms with Crippen molar-refractivity contribution in [3.63, 3.8) is 0 Å². The van der Waals surface area contributed by atoms with Crippen molar-refractivity contribution >= 4 is 21.6 Å². The van der Waals surface area contributed by atoms with Gasteiger partial charge in [0.25, 0.3) is 5.91 Å². The van der Waals surface area contributed by atoms with Gasteiger partial charge in [-0.1, -0.05) is 44.2 Å². The number of methoxy groups -OCH3 is 1. The van der Waals surface area contributed by atoms with Gasteiger partial charge < -0.3 is 19.5 Å². The van der Waals surface area contributed by atoms with Crippen LogP contribution in [0, 0.1) is 0 Å². The highest BCUT2D eigenvalue weighted by Crippen LogP contribution is 2.29. The number of hydrogen-bond acceptors (Lipinski definition) is 6. The summed E-state index contributed by atoms with van der Waals surface area (Å²) in [5.74, 6) is 1.07. The quantitative estimate of drug-likeness (QED) is 0.400. The minimum atomic E-state index is -3.68. The Bertz CT molecular complexity index is 1210. The highest BCUT2D eigenvalue weighted by atomic mass is 32.2. The lowest BCUT2D eigenvalue weighted by Crippen LogP contribution is -2.30. The summed E-state index contributed by atoms with van der Waals surface area (Å²) < 4.78 is 43.6. The molecule has 0 aliphatic heterocycles. The molecule has 0 saturated heterocycles. The standard InChI is InChI=1S/C26H30N2O6S/c1-4-28(5-2)35(30,31)23-15-16-25(32-3)24(17-23)27-26(29)19-34-22-13-11-21(12-14-22)33-18-20-9-7-6-8-10-20/h6-17H,4-5,18-19H2,1-3H3,(H,27,29). The smallest absolute Gasteiger partial charge is 0.262 e. The molecule has 1 amide bonds. The molecule has 0 radical (unpaired) electrons. The SMILES string of the molecule is CCN(CC)S(=O)(=O)c1ccc(OC)c(NC(=O)COc2ccc(OCc3ccccc3)cc2)c1. The van der Waals surface area contributed by atoms with E-state index in [2.05, 4.69) is 5.32 Å². The van der Waals surface area contributed by atoms with Crippen molar-refractivity contribution in [2.24, 2.45) is 0 Å². The third-order valence-electron chi connectivity index (χ3n) is 5.23. The second kappa shape index (κ2) is 12.2. The maximum atomic E-state index is 12.8. The summed E-state index contributed by atoms with van der Waals surface area (Å²) >= 11 is 0. The van der Waals surface area contributed by atoms with Gasteiger partial charge in [-0.25, -0.2) is 8.42 Å². The zero-order chi connectivity index (χ0) is 25.3. The van der Waals surface area contributed by atoms with Crippen LogP contribution in [0.1, 0.15) is 19.4 Å². The van der Waals surface area contributed by atoms with Crippen molar-refractivity contribution < 1.29 is 27.4 Å². The van der Waals surface area contributed by atoms with Crippen LogP contribution in [0.15, 0.2) is 77.7 Å². The van der Waals surface area contributed by atoms with Crippen molar-refractivity contribution in [3.8, 4) is 17.2 Å². The number of ether oxygens (including phenoxy) is 3. The molecule has 0 bridgehead atoms. The Morgan fingerprint density at radius 1 is 0.886 bits per heavy atom. The molecule has 0 unspecified atom stereocenters. The molecule has 0 aromatic heterocycles. The molecule has 9 heteroatoms. The van der Waals surface area contributed by atoms with Gasteiger partial charge in [0.2, 0.25) is 10.0 Å². The summed E-state index contributed by atoms with van der Waals surface area (Å²) in [6, 6.07) is 21.2. The zero-order valence-corrected chi connectivity index (χ0v) is 20.9. The molecule has 0 aliphatic rings. The van der Waals surface area contributed by atoms with Gasteiger partial charge in [0.05, 0.1) is 17.7 Å². The van der Waals surface area contributed by atoms with E-state index in [4.69, 9.17) is 14.2 Å². The maximum Gasteiger partial charge on any atom is 0.262 e. The molecule has 0 saturated carbocycles. The topological polar surface area (TPSA) is 94.2 Å². The van der Waals surface area contributed by atoms with Gasteiger partial charge in [-0.05, 0) is 48.0 Å². The number of carbonyl (C=O) groups is 1. The summed E-state index contributed by atoms with van der Waals surface area (Å²) in [5, 5.41) is 2.67. The molecule has 3 aromatic rings. The molecule has 0 atom stereocenters. The van der Waals surface area contributed by atoms with Crippen LogP contribution in [0.2, 0.25) is 0 Å². The third-order valence-corrected chi connectivity index (χ3v) is 7.28. The van der Waals surface area contributed by atoms with E-state index in [0.717, 1.165) is 5.56 Å². The number of hydrogen-bond donors (Lipinski definition) is 1. The van der Waals surface area contributed by atoms with Crippen LogP contribution in [0.25, 0.3) is 0 Å². The molecule has 186 valence electrons. The molecule has 1 N–H and O–H groups in total. The molecule has 8 nitrogen and oxygen atoms in total. The Balaban J connectivity index is 1.60. The molecule has 3 aromatic carbocycles. The number of nitrogens with zero attached hydrogens (tertiary/aromatic N) is 1. The van der Waals surface area contributed by atoms with Crippen molar-refractivity contribution in [2.75, 3.05) is 32.1 Å². The highest BCUT2D eigenvalue weighted by molar-refractivity contribution is 7.89. The lowest BCUT2D eigenvalue weighted by Gasteiger charge is -2.19. The molecule has 35 heavy (non-hydrogen) atoms. The maximum absolute atomic E-state index is 12.8. The molecule has 0 heterocycles. The minimum Gasteiger partial charge on any atom is -0.495 e. The predicted octanol–water partition coefficient (Wildman–Crippen LogP) is 4.32. The molecule has 0 fully saturated rings. The van der Waals surface area contributed by atoms with Crippen LogP contribution in [0.5, 0.6) is 17.2 Å². The van der Waals surface area contributed by atoms with Gasteiger partial charge in [-0.15, -0.1) is 0 Å². The normalized spacial score (nSPS) is 11.2. The first-order chi connectivity index (χ1) is 16.9. The van der Waals surface area contributed by atoms with Crippen molar-refractivity contribution in [2.45, 2.75) is 25.3 Å². The van der Waals surface area contributed by atoms with E-state index in [9.17, 15) is 13.2 Å². The lowest BCUT2D eigenvalue weighted by atomic mass is 10.2. The average molecular weight is 499 g/mol. The third kappa shape index (κ3) is 6.97. The Morgan fingerprint density at radius 3 is 2.11 bits per heavy atom. The summed E-state index contributed by atoms with van der Waals surface area (Å²) in [5.41, 5.74) is 1.31. The van der Waals surface area contributed by atoms with Crippen molar-refractivity contribution in [3.05, 3.63) is 78.4 Å². The second-order valence-electron chi connectivity index (χ2n) is 7.53. The Hall–Kier alpha value is -3.56. The Labute approximate surface area is 206 Å². The van der Waals surface area contributed by atoms with Gasteiger partial charge in [-0.2, -0.15) is 4.31 Å². The minimum absolute atomic E-state index is 0.0734. The van der Waals surface area contributed by atoms with E-state index < -0.39 is 15.9 Å². The van der Waals surface area contributed by atoms with Crippen LogP contribution in [-0.4, -0.2) is 45.4 Å². The van der Waals surface area contributed by atoms with E-state index in [1.807, 2.05) is 30.3 Å². The van der Waals surface area contributed by atoms with E-state index in [0.29, 0.717) is 36.9 Å². The van der Waals surface area contributed by atoms with Gasteiger partial charge >= 0.3 is 0 Å². The van der Waals surface area contributed by atoms with Crippen LogP contribution in [0.4, 0.5) is 5.69 Å². The molecular formula is C26H30N2O6S. The fourth-order valence-electron chi connectivity index (χ4n) is 3.37. The molecular weight excluding hydrogens is 468 g/mol. The summed E-state index contributed by atoms with van der Waals surface area (Å²) in [6.07, 6.45) is 0. The largest absolute Gasteiger partial charge is 0.495 e. The Morgan fingerprint density at radius 2 is 1.51 bits per heavy atom. The average Bonchev–Trinajstić information content (AvgIpc) is 2.88. The number of carbonyl (C=O) groups excluding carboxylic acids is 1. The number of rotatable bonds is 12. The van der Waals surface area contributed by atoms with Crippen LogP contribution in [0.3, 0.4) is 0 Å².